The van der Waals surface area contributed by atoms with Gasteiger partial charge in [0.2, 0.25) is 5.91 Å². The maximum atomic E-state index is 11.9. The Hall–Kier alpha value is -2.76. The van der Waals surface area contributed by atoms with Crippen LogP contribution in [-0.4, -0.2) is 15.8 Å². The van der Waals surface area contributed by atoms with E-state index in [9.17, 15) is 14.9 Å². The molecular formula is C14H13N3O3. The lowest BCUT2D eigenvalue weighted by atomic mass is 10.1. The van der Waals surface area contributed by atoms with E-state index in [4.69, 9.17) is 0 Å². The maximum absolute atomic E-state index is 11.9. The van der Waals surface area contributed by atoms with Gasteiger partial charge in [0.1, 0.15) is 12.0 Å². The lowest BCUT2D eigenvalue weighted by Gasteiger charge is -2.06. The van der Waals surface area contributed by atoms with Crippen molar-refractivity contribution in [2.24, 2.45) is 0 Å². The number of aryl methyl sites for hydroxylation is 1. The molecule has 0 aliphatic rings. The van der Waals surface area contributed by atoms with Gasteiger partial charge < -0.3 is 5.32 Å². The smallest absolute Gasteiger partial charge is 0.287 e. The van der Waals surface area contributed by atoms with Crippen LogP contribution in [0.1, 0.15) is 11.1 Å². The molecular weight excluding hydrogens is 258 g/mol. The molecule has 0 atom stereocenters. The van der Waals surface area contributed by atoms with Crippen LogP contribution >= 0.6 is 0 Å². The molecule has 2 aromatic rings. The first-order valence-electron chi connectivity index (χ1n) is 6.01. The summed E-state index contributed by atoms with van der Waals surface area (Å²) in [5, 5.41) is 13.1. The number of carbonyl (C=O) groups excluding carboxylic acids is 1. The molecule has 6 nitrogen and oxygen atoms in total. The molecule has 0 fully saturated rings. The standard InChI is InChI=1S/C14H13N3O3/c1-10-4-2-3-5-11(10)8-14(18)16-13-7-6-12(9-15-13)17(19)20/h2-7,9H,8H2,1H3,(H,15,16,18). The molecule has 6 heteroatoms. The molecule has 0 saturated carbocycles. The summed E-state index contributed by atoms with van der Waals surface area (Å²) in [5.74, 6) is 0.0924. The molecule has 1 N–H and O–H groups in total. The fourth-order valence-electron chi connectivity index (χ4n) is 1.74. The third-order valence-corrected chi connectivity index (χ3v) is 2.84. The van der Waals surface area contributed by atoms with E-state index in [2.05, 4.69) is 10.3 Å². The number of carbonyl (C=O) groups is 1. The maximum Gasteiger partial charge on any atom is 0.287 e. The second kappa shape index (κ2) is 5.92. The molecule has 0 aliphatic carbocycles. The Morgan fingerprint density at radius 3 is 2.65 bits per heavy atom. The fourth-order valence-corrected chi connectivity index (χ4v) is 1.74. The molecule has 102 valence electrons. The molecule has 1 heterocycles. The van der Waals surface area contributed by atoms with Crippen LogP contribution in [0, 0.1) is 17.0 Å². The first kappa shape index (κ1) is 13.7. The summed E-state index contributed by atoms with van der Waals surface area (Å²) in [6, 6.07) is 10.3. The van der Waals surface area contributed by atoms with E-state index in [-0.39, 0.29) is 18.0 Å². The number of hydrogen-bond donors (Lipinski definition) is 1. The molecule has 20 heavy (non-hydrogen) atoms. The van der Waals surface area contributed by atoms with Gasteiger partial charge >= 0.3 is 0 Å². The fraction of sp³-hybridized carbons (Fsp3) is 0.143. The van der Waals surface area contributed by atoms with E-state index in [1.54, 1.807) is 0 Å². The van der Waals surface area contributed by atoms with Crippen molar-refractivity contribution in [1.82, 2.24) is 4.98 Å². The quantitative estimate of drug-likeness (QED) is 0.683. The summed E-state index contributed by atoms with van der Waals surface area (Å²) in [6.45, 7) is 1.94. The molecule has 1 amide bonds. The number of amides is 1. The number of pyridine rings is 1. The van der Waals surface area contributed by atoms with Gasteiger partial charge in [-0.1, -0.05) is 24.3 Å². The molecule has 0 aliphatic heterocycles. The van der Waals surface area contributed by atoms with Gasteiger partial charge in [-0.05, 0) is 24.1 Å². The van der Waals surface area contributed by atoms with Crippen molar-refractivity contribution in [2.75, 3.05) is 5.32 Å². The van der Waals surface area contributed by atoms with Crippen molar-refractivity contribution in [3.8, 4) is 0 Å². The number of rotatable bonds is 4. The normalized spacial score (nSPS) is 10.1. The average molecular weight is 271 g/mol. The first-order chi connectivity index (χ1) is 9.56. The molecule has 0 unspecified atom stereocenters. The van der Waals surface area contributed by atoms with Crippen molar-refractivity contribution < 1.29 is 9.72 Å². The largest absolute Gasteiger partial charge is 0.310 e. The van der Waals surface area contributed by atoms with E-state index >= 15 is 0 Å². The number of anilines is 1. The summed E-state index contributed by atoms with van der Waals surface area (Å²) >= 11 is 0. The summed E-state index contributed by atoms with van der Waals surface area (Å²) < 4.78 is 0. The zero-order valence-electron chi connectivity index (χ0n) is 10.9. The van der Waals surface area contributed by atoms with Gasteiger partial charge in [-0.2, -0.15) is 0 Å². The number of hydrogen-bond acceptors (Lipinski definition) is 4. The first-order valence-corrected chi connectivity index (χ1v) is 6.01. The van der Waals surface area contributed by atoms with Crippen LogP contribution in [0.5, 0.6) is 0 Å². The molecule has 0 radical (unpaired) electrons. The predicted molar refractivity (Wildman–Crippen MR) is 74.4 cm³/mol. The topological polar surface area (TPSA) is 85.1 Å². The number of aromatic nitrogens is 1. The summed E-state index contributed by atoms with van der Waals surface area (Å²) in [5.41, 5.74) is 1.87. The lowest BCUT2D eigenvalue weighted by Crippen LogP contribution is -2.15. The SMILES string of the molecule is Cc1ccccc1CC(=O)Nc1ccc([N+](=O)[O-])cn1. The van der Waals surface area contributed by atoms with Gasteiger partial charge in [-0.3, -0.25) is 14.9 Å². The second-order valence-corrected chi connectivity index (χ2v) is 4.31. The van der Waals surface area contributed by atoms with Gasteiger partial charge in [0, 0.05) is 6.07 Å². The van der Waals surface area contributed by atoms with Gasteiger partial charge in [0.05, 0.1) is 11.3 Å². The minimum absolute atomic E-state index is 0.109. The summed E-state index contributed by atoms with van der Waals surface area (Å²) in [4.78, 5) is 25.7. The summed E-state index contributed by atoms with van der Waals surface area (Å²) in [6.07, 6.45) is 1.36. The van der Waals surface area contributed by atoms with Crippen LogP contribution in [0.2, 0.25) is 0 Å². The average Bonchev–Trinajstić information content (AvgIpc) is 2.42. The number of nitrogens with zero attached hydrogens (tertiary/aromatic N) is 2. The highest BCUT2D eigenvalue weighted by Gasteiger charge is 2.09. The molecule has 1 aromatic heterocycles. The van der Waals surface area contributed by atoms with Crippen molar-refractivity contribution in [3.05, 3.63) is 63.8 Å². The van der Waals surface area contributed by atoms with Crippen molar-refractivity contribution >= 4 is 17.4 Å². The Morgan fingerprint density at radius 2 is 2.05 bits per heavy atom. The number of nitro groups is 1. The van der Waals surface area contributed by atoms with Crippen molar-refractivity contribution in [1.29, 1.82) is 0 Å². The minimum atomic E-state index is -0.536. The zero-order valence-corrected chi connectivity index (χ0v) is 10.9. The highest BCUT2D eigenvalue weighted by atomic mass is 16.6. The second-order valence-electron chi connectivity index (χ2n) is 4.31. The van der Waals surface area contributed by atoms with Crippen molar-refractivity contribution in [2.45, 2.75) is 13.3 Å². The van der Waals surface area contributed by atoms with E-state index in [0.717, 1.165) is 17.3 Å². The van der Waals surface area contributed by atoms with E-state index in [1.807, 2.05) is 31.2 Å². The predicted octanol–water partition coefficient (Wildman–Crippen LogP) is 2.48. The van der Waals surface area contributed by atoms with E-state index < -0.39 is 4.92 Å². The Balaban J connectivity index is 2.01. The van der Waals surface area contributed by atoms with Gasteiger partial charge in [0.25, 0.3) is 5.69 Å². The molecule has 0 bridgehead atoms. The third-order valence-electron chi connectivity index (χ3n) is 2.84. The molecule has 0 spiro atoms. The van der Waals surface area contributed by atoms with Crippen LogP contribution in [0.15, 0.2) is 42.6 Å². The number of nitrogens with one attached hydrogen (secondary N) is 1. The third kappa shape index (κ3) is 3.38. The lowest BCUT2D eigenvalue weighted by molar-refractivity contribution is -0.385. The Labute approximate surface area is 115 Å². The van der Waals surface area contributed by atoms with Gasteiger partial charge in [-0.15, -0.1) is 0 Å². The monoisotopic (exact) mass is 271 g/mol. The molecule has 1 aromatic carbocycles. The minimum Gasteiger partial charge on any atom is -0.310 e. The van der Waals surface area contributed by atoms with Crippen molar-refractivity contribution in [3.63, 3.8) is 0 Å². The van der Waals surface area contributed by atoms with Crippen LogP contribution < -0.4 is 5.32 Å². The number of benzene rings is 1. The van der Waals surface area contributed by atoms with Crippen LogP contribution in [0.25, 0.3) is 0 Å². The van der Waals surface area contributed by atoms with Crippen LogP contribution in [0.3, 0.4) is 0 Å². The Kier molecular flexibility index (Phi) is 4.05. The molecule has 0 saturated heterocycles. The van der Waals surface area contributed by atoms with E-state index in [0.29, 0.717) is 5.82 Å². The highest BCUT2D eigenvalue weighted by Crippen LogP contribution is 2.13. The zero-order chi connectivity index (χ0) is 14.5. The van der Waals surface area contributed by atoms with E-state index in [1.165, 1.54) is 12.1 Å². The Bertz CT molecular complexity index is 638. The highest BCUT2D eigenvalue weighted by molar-refractivity contribution is 5.91. The van der Waals surface area contributed by atoms with Crippen LogP contribution in [-0.2, 0) is 11.2 Å². The Morgan fingerprint density at radius 1 is 1.30 bits per heavy atom. The molecule has 2 rings (SSSR count). The van der Waals surface area contributed by atoms with Crippen LogP contribution in [0.4, 0.5) is 11.5 Å². The van der Waals surface area contributed by atoms with Gasteiger partial charge in [0.15, 0.2) is 0 Å². The van der Waals surface area contributed by atoms with Gasteiger partial charge in [-0.25, -0.2) is 4.98 Å². The summed E-state index contributed by atoms with van der Waals surface area (Å²) in [7, 11) is 0.